The van der Waals surface area contributed by atoms with Gasteiger partial charge in [0.2, 0.25) is 0 Å². The Hall–Kier alpha value is -3.51. The molecule has 0 aliphatic heterocycles. The molecule has 0 fully saturated rings. The SMILES string of the molecule is COc1ccc(C(=O)NCC(NC(=O)c2ccc(Cl)c(N)c2)c2ccccc2)cc1. The maximum atomic E-state index is 12.7. The topological polar surface area (TPSA) is 93.5 Å². The van der Waals surface area contributed by atoms with Gasteiger partial charge >= 0.3 is 0 Å². The van der Waals surface area contributed by atoms with Gasteiger partial charge in [0.1, 0.15) is 5.75 Å². The third-order valence-corrected chi connectivity index (χ3v) is 4.93. The van der Waals surface area contributed by atoms with Crippen LogP contribution >= 0.6 is 11.6 Å². The van der Waals surface area contributed by atoms with Gasteiger partial charge in [0.15, 0.2) is 0 Å². The fraction of sp³-hybridized carbons (Fsp3) is 0.130. The first-order valence-corrected chi connectivity index (χ1v) is 9.69. The van der Waals surface area contributed by atoms with Gasteiger partial charge in [-0.1, -0.05) is 41.9 Å². The molecule has 4 N–H and O–H groups in total. The third-order valence-electron chi connectivity index (χ3n) is 4.58. The number of hydrogen-bond acceptors (Lipinski definition) is 4. The average molecular weight is 424 g/mol. The van der Waals surface area contributed by atoms with Crippen molar-refractivity contribution in [2.45, 2.75) is 6.04 Å². The number of methoxy groups -OCH3 is 1. The lowest BCUT2D eigenvalue weighted by atomic mass is 10.1. The van der Waals surface area contributed by atoms with Crippen LogP contribution in [-0.4, -0.2) is 25.5 Å². The fourth-order valence-corrected chi connectivity index (χ4v) is 3.02. The second-order valence-electron chi connectivity index (χ2n) is 6.61. The number of anilines is 1. The first-order valence-electron chi connectivity index (χ1n) is 9.31. The number of benzene rings is 3. The number of carbonyl (C=O) groups excluding carboxylic acids is 2. The summed E-state index contributed by atoms with van der Waals surface area (Å²) in [5.41, 5.74) is 7.88. The summed E-state index contributed by atoms with van der Waals surface area (Å²) < 4.78 is 5.11. The summed E-state index contributed by atoms with van der Waals surface area (Å²) in [5, 5.41) is 6.21. The minimum absolute atomic E-state index is 0.212. The molecule has 0 aliphatic carbocycles. The van der Waals surface area contributed by atoms with E-state index in [0.717, 1.165) is 5.56 Å². The standard InChI is InChI=1S/C23H22ClN3O3/c1-30-18-10-7-16(8-11-18)22(28)26-14-21(15-5-3-2-4-6-15)27-23(29)17-9-12-19(24)20(25)13-17/h2-13,21H,14,25H2,1H3,(H,26,28)(H,27,29). The zero-order valence-electron chi connectivity index (χ0n) is 16.4. The van der Waals surface area contributed by atoms with E-state index in [-0.39, 0.29) is 18.4 Å². The van der Waals surface area contributed by atoms with Crippen LogP contribution in [0, 0.1) is 0 Å². The van der Waals surface area contributed by atoms with Gasteiger partial charge in [-0.2, -0.15) is 0 Å². The highest BCUT2D eigenvalue weighted by molar-refractivity contribution is 6.33. The molecule has 0 saturated heterocycles. The number of amides is 2. The predicted octanol–water partition coefficient (Wildman–Crippen LogP) is 3.83. The summed E-state index contributed by atoms with van der Waals surface area (Å²) in [7, 11) is 1.57. The van der Waals surface area contributed by atoms with Crippen molar-refractivity contribution in [1.82, 2.24) is 10.6 Å². The van der Waals surface area contributed by atoms with Crippen LogP contribution < -0.4 is 21.1 Å². The van der Waals surface area contributed by atoms with Crippen molar-refractivity contribution in [3.8, 4) is 5.75 Å². The molecule has 0 aliphatic rings. The van der Waals surface area contributed by atoms with E-state index in [1.807, 2.05) is 30.3 Å². The zero-order valence-corrected chi connectivity index (χ0v) is 17.1. The second kappa shape index (κ2) is 9.80. The van der Waals surface area contributed by atoms with Crippen molar-refractivity contribution in [1.29, 1.82) is 0 Å². The predicted molar refractivity (Wildman–Crippen MR) is 118 cm³/mol. The fourth-order valence-electron chi connectivity index (χ4n) is 2.90. The largest absolute Gasteiger partial charge is 0.497 e. The molecule has 3 aromatic carbocycles. The Balaban J connectivity index is 1.73. The summed E-state index contributed by atoms with van der Waals surface area (Å²) in [6.07, 6.45) is 0. The van der Waals surface area contributed by atoms with Gasteiger partial charge in [0.25, 0.3) is 11.8 Å². The van der Waals surface area contributed by atoms with Crippen LogP contribution in [0.15, 0.2) is 72.8 Å². The number of nitrogen functional groups attached to an aromatic ring is 1. The van der Waals surface area contributed by atoms with Crippen molar-refractivity contribution in [2.24, 2.45) is 0 Å². The van der Waals surface area contributed by atoms with E-state index in [4.69, 9.17) is 22.1 Å². The van der Waals surface area contributed by atoms with E-state index in [9.17, 15) is 9.59 Å². The molecule has 0 radical (unpaired) electrons. The summed E-state index contributed by atoms with van der Waals surface area (Å²) in [5.74, 6) is 0.109. The molecule has 3 aromatic rings. The Morgan fingerprint density at radius 1 is 0.967 bits per heavy atom. The van der Waals surface area contributed by atoms with Crippen molar-refractivity contribution in [3.05, 3.63) is 94.5 Å². The molecular formula is C23H22ClN3O3. The Kier molecular flexibility index (Phi) is 6.93. The van der Waals surface area contributed by atoms with E-state index in [0.29, 0.717) is 27.6 Å². The van der Waals surface area contributed by atoms with Gasteiger partial charge in [0.05, 0.1) is 23.9 Å². The van der Waals surface area contributed by atoms with Gasteiger partial charge in [-0.05, 0) is 48.0 Å². The third kappa shape index (κ3) is 5.30. The number of halogens is 1. The van der Waals surface area contributed by atoms with Gasteiger partial charge in [0, 0.05) is 17.7 Å². The van der Waals surface area contributed by atoms with E-state index in [2.05, 4.69) is 10.6 Å². The van der Waals surface area contributed by atoms with Gasteiger partial charge in [-0.3, -0.25) is 9.59 Å². The van der Waals surface area contributed by atoms with Crippen LogP contribution in [0.1, 0.15) is 32.3 Å². The van der Waals surface area contributed by atoms with E-state index in [1.54, 1.807) is 43.5 Å². The van der Waals surface area contributed by atoms with E-state index < -0.39 is 6.04 Å². The van der Waals surface area contributed by atoms with Crippen molar-refractivity contribution in [2.75, 3.05) is 19.4 Å². The smallest absolute Gasteiger partial charge is 0.251 e. The first kappa shape index (κ1) is 21.2. The van der Waals surface area contributed by atoms with Crippen LogP contribution in [0.4, 0.5) is 5.69 Å². The highest BCUT2D eigenvalue weighted by atomic mass is 35.5. The molecule has 0 heterocycles. The van der Waals surface area contributed by atoms with Crippen LogP contribution in [0.3, 0.4) is 0 Å². The van der Waals surface area contributed by atoms with Crippen LogP contribution in [0.25, 0.3) is 0 Å². The monoisotopic (exact) mass is 423 g/mol. The molecule has 3 rings (SSSR count). The van der Waals surface area contributed by atoms with Gasteiger partial charge < -0.3 is 21.1 Å². The maximum absolute atomic E-state index is 12.7. The maximum Gasteiger partial charge on any atom is 0.251 e. The number of nitrogens with two attached hydrogens (primary N) is 1. The number of nitrogens with one attached hydrogen (secondary N) is 2. The Morgan fingerprint density at radius 3 is 2.27 bits per heavy atom. The second-order valence-corrected chi connectivity index (χ2v) is 7.02. The molecule has 0 bridgehead atoms. The molecule has 1 atom stereocenters. The number of rotatable bonds is 7. The minimum atomic E-state index is -0.433. The highest BCUT2D eigenvalue weighted by Gasteiger charge is 2.18. The molecule has 6 nitrogen and oxygen atoms in total. The van der Waals surface area contributed by atoms with Crippen molar-refractivity contribution >= 4 is 29.1 Å². The van der Waals surface area contributed by atoms with E-state index >= 15 is 0 Å². The minimum Gasteiger partial charge on any atom is -0.497 e. The first-order chi connectivity index (χ1) is 14.5. The molecule has 154 valence electrons. The van der Waals surface area contributed by atoms with Crippen LogP contribution in [0.5, 0.6) is 5.75 Å². The van der Waals surface area contributed by atoms with Gasteiger partial charge in [-0.15, -0.1) is 0 Å². The normalized spacial score (nSPS) is 11.4. The number of hydrogen-bond donors (Lipinski definition) is 3. The molecule has 0 aromatic heterocycles. The van der Waals surface area contributed by atoms with Crippen molar-refractivity contribution in [3.63, 3.8) is 0 Å². The number of carbonyl (C=O) groups is 2. The lowest BCUT2D eigenvalue weighted by molar-refractivity contribution is 0.0908. The van der Waals surface area contributed by atoms with Crippen LogP contribution in [0.2, 0.25) is 5.02 Å². The molecule has 2 amide bonds. The molecule has 30 heavy (non-hydrogen) atoms. The Bertz CT molecular complexity index is 1020. The Labute approximate surface area is 180 Å². The van der Waals surface area contributed by atoms with Gasteiger partial charge in [-0.25, -0.2) is 0 Å². The lowest BCUT2D eigenvalue weighted by Crippen LogP contribution is -2.38. The average Bonchev–Trinajstić information content (AvgIpc) is 2.78. The highest BCUT2D eigenvalue weighted by Crippen LogP contribution is 2.20. The summed E-state index contributed by atoms with van der Waals surface area (Å²) >= 11 is 5.94. The number of ether oxygens (including phenoxy) is 1. The lowest BCUT2D eigenvalue weighted by Gasteiger charge is -2.20. The van der Waals surface area contributed by atoms with Crippen LogP contribution in [-0.2, 0) is 0 Å². The zero-order chi connectivity index (χ0) is 21.5. The molecule has 7 heteroatoms. The quantitative estimate of drug-likeness (QED) is 0.503. The molecule has 1 unspecified atom stereocenters. The Morgan fingerprint density at radius 2 is 1.63 bits per heavy atom. The molecule has 0 spiro atoms. The van der Waals surface area contributed by atoms with E-state index in [1.165, 1.54) is 6.07 Å². The summed E-state index contributed by atoms with van der Waals surface area (Å²) in [6.45, 7) is 0.212. The van der Waals surface area contributed by atoms with Crippen molar-refractivity contribution < 1.29 is 14.3 Å². The summed E-state index contributed by atoms with van der Waals surface area (Å²) in [6, 6.07) is 20.5. The molecular weight excluding hydrogens is 402 g/mol. The molecule has 0 saturated carbocycles. The summed E-state index contributed by atoms with van der Waals surface area (Å²) in [4.78, 5) is 25.3.